The first kappa shape index (κ1) is 58.1. The third-order valence-corrected chi connectivity index (χ3v) is 11.9. The molecule has 2 unspecified atom stereocenters. The second-order valence-electron chi connectivity index (χ2n) is 18.8. The van der Waals surface area contributed by atoms with Gasteiger partial charge in [-0.1, -0.05) is 206 Å². The van der Waals surface area contributed by atoms with E-state index < -0.39 is 18.1 Å². The number of carboxylic acids is 1. The van der Waals surface area contributed by atoms with Gasteiger partial charge in [0.2, 0.25) is 0 Å². The number of hydrogen-bond donors (Lipinski definition) is 1. The SMILES string of the molecule is CCCCCCCCCCCC/C=C/CCCCCCCCCC(=O)OCC(COCCC(C(=O)O)[N+](C)(C)C)OC(=O)CCCCCCCCCCCCCCCCC. The van der Waals surface area contributed by atoms with E-state index in [1.54, 1.807) is 0 Å². The number of esters is 2. The fourth-order valence-corrected chi connectivity index (χ4v) is 7.91. The second kappa shape index (κ2) is 43.7. The Labute approximate surface area is 371 Å². The summed E-state index contributed by atoms with van der Waals surface area (Å²) < 4.78 is 17.4. The van der Waals surface area contributed by atoms with Crippen molar-refractivity contribution in [1.82, 2.24) is 0 Å². The second-order valence-corrected chi connectivity index (χ2v) is 18.8. The van der Waals surface area contributed by atoms with E-state index in [1.165, 1.54) is 180 Å². The van der Waals surface area contributed by atoms with Crippen molar-refractivity contribution >= 4 is 17.9 Å². The van der Waals surface area contributed by atoms with Crippen molar-refractivity contribution < 1.29 is 38.2 Å². The number of likely N-dealkylation sites (N-methyl/N-ethyl adjacent to an activating group) is 1. The van der Waals surface area contributed by atoms with E-state index in [2.05, 4.69) is 26.0 Å². The molecule has 60 heavy (non-hydrogen) atoms. The third-order valence-electron chi connectivity index (χ3n) is 11.9. The van der Waals surface area contributed by atoms with E-state index in [9.17, 15) is 19.5 Å². The number of nitrogens with zero attached hydrogens (tertiary/aromatic N) is 1. The summed E-state index contributed by atoms with van der Waals surface area (Å²) in [4.78, 5) is 37.1. The zero-order valence-electron chi connectivity index (χ0n) is 40.4. The van der Waals surface area contributed by atoms with Gasteiger partial charge in [0.1, 0.15) is 6.61 Å². The van der Waals surface area contributed by atoms with Crippen LogP contribution in [0, 0.1) is 0 Å². The average molecular weight is 851 g/mol. The van der Waals surface area contributed by atoms with Crippen molar-refractivity contribution in [2.24, 2.45) is 0 Å². The summed E-state index contributed by atoms with van der Waals surface area (Å²) >= 11 is 0. The van der Waals surface area contributed by atoms with E-state index in [4.69, 9.17) is 14.2 Å². The molecular weight excluding hydrogens is 751 g/mol. The molecule has 0 saturated carbocycles. The maximum absolute atomic E-state index is 12.8. The van der Waals surface area contributed by atoms with Gasteiger partial charge in [-0.25, -0.2) is 4.79 Å². The van der Waals surface area contributed by atoms with Crippen LogP contribution in [0.25, 0.3) is 0 Å². The van der Waals surface area contributed by atoms with Gasteiger partial charge in [0.05, 0.1) is 34.4 Å². The highest BCUT2D eigenvalue weighted by Crippen LogP contribution is 2.16. The van der Waals surface area contributed by atoms with Crippen molar-refractivity contribution in [3.8, 4) is 0 Å². The highest BCUT2D eigenvalue weighted by atomic mass is 16.6. The number of unbranched alkanes of at least 4 members (excludes halogenated alkanes) is 31. The van der Waals surface area contributed by atoms with Gasteiger partial charge < -0.3 is 23.8 Å². The molecule has 0 aromatic carbocycles. The summed E-state index contributed by atoms with van der Waals surface area (Å²) in [6.07, 6.45) is 48.3. The van der Waals surface area contributed by atoms with Gasteiger partial charge in [-0.2, -0.15) is 0 Å². The quantitative estimate of drug-likeness (QED) is 0.0282. The van der Waals surface area contributed by atoms with Crippen LogP contribution in [0.15, 0.2) is 12.2 Å². The Morgan fingerprint density at radius 3 is 1.20 bits per heavy atom. The lowest BCUT2D eigenvalue weighted by Gasteiger charge is -2.31. The fraction of sp³-hybridized carbons (Fsp3) is 0.904. The molecule has 0 aliphatic rings. The minimum atomic E-state index is -0.871. The Morgan fingerprint density at radius 1 is 0.483 bits per heavy atom. The summed E-state index contributed by atoms with van der Waals surface area (Å²) in [5.74, 6) is -1.45. The van der Waals surface area contributed by atoms with Crippen LogP contribution < -0.4 is 0 Å². The van der Waals surface area contributed by atoms with E-state index in [0.717, 1.165) is 38.5 Å². The van der Waals surface area contributed by atoms with Gasteiger partial charge >= 0.3 is 17.9 Å². The van der Waals surface area contributed by atoms with Gasteiger partial charge in [-0.05, 0) is 38.5 Å². The fourth-order valence-electron chi connectivity index (χ4n) is 7.91. The van der Waals surface area contributed by atoms with Crippen molar-refractivity contribution in [2.45, 2.75) is 264 Å². The smallest absolute Gasteiger partial charge is 0.362 e. The minimum absolute atomic E-state index is 0.0468. The summed E-state index contributed by atoms with van der Waals surface area (Å²) in [5, 5.41) is 9.64. The highest BCUT2D eigenvalue weighted by Gasteiger charge is 2.31. The molecule has 0 amide bonds. The molecule has 0 fully saturated rings. The Balaban J connectivity index is 4.20. The molecule has 2 atom stereocenters. The normalized spacial score (nSPS) is 12.9. The zero-order chi connectivity index (χ0) is 44.2. The number of allylic oxidation sites excluding steroid dienone is 2. The molecule has 0 aromatic heterocycles. The minimum Gasteiger partial charge on any atom is -0.477 e. The molecule has 0 heterocycles. The molecule has 354 valence electrons. The molecular formula is C52H100NO7+. The highest BCUT2D eigenvalue weighted by molar-refractivity contribution is 5.72. The molecule has 0 aliphatic heterocycles. The zero-order valence-corrected chi connectivity index (χ0v) is 40.4. The number of carbonyl (C=O) groups is 3. The Bertz CT molecular complexity index is 993. The van der Waals surface area contributed by atoms with Crippen LogP contribution in [-0.4, -0.2) is 80.6 Å². The van der Waals surface area contributed by atoms with Crippen molar-refractivity contribution in [3.63, 3.8) is 0 Å². The summed E-state index contributed by atoms with van der Waals surface area (Å²) in [7, 11) is 5.54. The Kier molecular flexibility index (Phi) is 42.3. The monoisotopic (exact) mass is 851 g/mol. The lowest BCUT2D eigenvalue weighted by Crippen LogP contribution is -2.50. The Morgan fingerprint density at radius 2 is 0.833 bits per heavy atom. The average Bonchev–Trinajstić information content (AvgIpc) is 3.21. The van der Waals surface area contributed by atoms with Crippen LogP contribution in [-0.2, 0) is 28.6 Å². The lowest BCUT2D eigenvalue weighted by atomic mass is 10.0. The number of carbonyl (C=O) groups excluding carboxylic acids is 2. The molecule has 0 aliphatic carbocycles. The van der Waals surface area contributed by atoms with E-state index in [0.29, 0.717) is 19.3 Å². The molecule has 0 spiro atoms. The first-order chi connectivity index (χ1) is 29.1. The van der Waals surface area contributed by atoms with Gasteiger partial charge in [-0.15, -0.1) is 0 Å². The molecule has 8 heteroatoms. The van der Waals surface area contributed by atoms with E-state index in [-0.39, 0.29) is 36.2 Å². The maximum atomic E-state index is 12.8. The summed E-state index contributed by atoms with van der Waals surface area (Å²) in [5.41, 5.74) is 0. The number of rotatable bonds is 47. The number of aliphatic carboxylic acids is 1. The van der Waals surface area contributed by atoms with E-state index >= 15 is 0 Å². The third kappa shape index (κ3) is 41.4. The number of hydrogen-bond acceptors (Lipinski definition) is 6. The van der Waals surface area contributed by atoms with Crippen LogP contribution in [0.5, 0.6) is 0 Å². The van der Waals surface area contributed by atoms with Crippen LogP contribution in [0.4, 0.5) is 0 Å². The molecule has 0 bridgehead atoms. The molecule has 0 rings (SSSR count). The predicted octanol–water partition coefficient (Wildman–Crippen LogP) is 14.6. The lowest BCUT2D eigenvalue weighted by molar-refractivity contribution is -0.887. The molecule has 1 N–H and O–H groups in total. The molecule has 0 aromatic rings. The van der Waals surface area contributed by atoms with Gasteiger partial charge in [0.25, 0.3) is 0 Å². The summed E-state index contributed by atoms with van der Waals surface area (Å²) in [6.45, 7) is 4.78. The van der Waals surface area contributed by atoms with Crippen LogP contribution >= 0.6 is 0 Å². The first-order valence-electron chi connectivity index (χ1n) is 25.7. The Hall–Kier alpha value is -1.93. The van der Waals surface area contributed by atoms with Crippen molar-refractivity contribution in [3.05, 3.63) is 12.2 Å². The summed E-state index contributed by atoms with van der Waals surface area (Å²) in [6, 6.07) is -0.611. The molecule has 0 radical (unpaired) electrons. The van der Waals surface area contributed by atoms with Gasteiger partial charge in [-0.3, -0.25) is 9.59 Å². The maximum Gasteiger partial charge on any atom is 0.362 e. The standard InChI is InChI=1S/C52H99NO7/c1-6-8-10-12-14-16-18-20-22-23-24-25-26-27-29-30-32-34-36-38-40-42-50(54)59-47-48(46-58-45-44-49(52(56)57)53(3,4)5)60-51(55)43-41-39-37-35-33-31-28-21-19-17-15-13-11-9-7-2/h25-26,48-49H,6-24,27-47H2,1-5H3/p+1/b26-25+. The van der Waals surface area contributed by atoms with Crippen LogP contribution in [0.1, 0.15) is 251 Å². The van der Waals surface area contributed by atoms with Crippen LogP contribution in [0.3, 0.4) is 0 Å². The largest absolute Gasteiger partial charge is 0.477 e. The number of carboxylic acid groups (broad SMARTS) is 1. The topological polar surface area (TPSA) is 99.1 Å². The van der Waals surface area contributed by atoms with Crippen LogP contribution in [0.2, 0.25) is 0 Å². The van der Waals surface area contributed by atoms with E-state index in [1.807, 2.05) is 21.1 Å². The van der Waals surface area contributed by atoms with Gasteiger partial charge in [0, 0.05) is 19.3 Å². The van der Waals surface area contributed by atoms with Gasteiger partial charge in [0.15, 0.2) is 12.1 Å². The van der Waals surface area contributed by atoms with Crippen molar-refractivity contribution in [2.75, 3.05) is 41.0 Å². The van der Waals surface area contributed by atoms with Crippen molar-refractivity contribution in [1.29, 1.82) is 0 Å². The molecule has 0 saturated heterocycles. The number of ether oxygens (including phenoxy) is 3. The predicted molar refractivity (Wildman–Crippen MR) is 252 cm³/mol. The first-order valence-corrected chi connectivity index (χ1v) is 25.7. The molecule has 8 nitrogen and oxygen atoms in total. The number of quaternary nitrogens is 1.